The predicted molar refractivity (Wildman–Crippen MR) is 136 cm³/mol. The third-order valence-electron chi connectivity index (χ3n) is 6.53. The van der Waals surface area contributed by atoms with Crippen molar-refractivity contribution in [1.82, 2.24) is 9.47 Å². The molecule has 1 aliphatic rings. The lowest BCUT2D eigenvalue weighted by atomic mass is 10.2. The normalized spacial score (nSPS) is 14.3. The molecular weight excluding hydrogens is 481 g/mol. The number of anilines is 1. The summed E-state index contributed by atoms with van der Waals surface area (Å²) in [6.45, 7) is 2.47. The Balaban J connectivity index is 1.36. The number of hydrogen-bond acceptors (Lipinski definition) is 5. The Kier molecular flexibility index (Phi) is 6.40. The molecule has 2 heterocycles. The number of ether oxygens (including phenoxy) is 1. The molecule has 0 radical (unpaired) electrons. The van der Waals surface area contributed by atoms with E-state index < -0.39 is 15.7 Å². The molecule has 186 valence electrons. The van der Waals surface area contributed by atoms with Crippen LogP contribution in [-0.2, 0) is 21.2 Å². The van der Waals surface area contributed by atoms with Gasteiger partial charge in [0.15, 0.2) is 0 Å². The van der Waals surface area contributed by atoms with Crippen molar-refractivity contribution in [2.24, 2.45) is 0 Å². The summed E-state index contributed by atoms with van der Waals surface area (Å²) in [6.07, 6.45) is 1.51. The first-order valence-corrected chi connectivity index (χ1v) is 13.1. The van der Waals surface area contributed by atoms with Crippen molar-refractivity contribution in [3.63, 3.8) is 0 Å². The number of methoxy groups -OCH3 is 1. The molecular formula is C27H26FN3O4S. The van der Waals surface area contributed by atoms with Gasteiger partial charge in [0.2, 0.25) is 15.7 Å². The number of fused-ring (bicyclic) bond motifs is 1. The van der Waals surface area contributed by atoms with Gasteiger partial charge in [0, 0.05) is 43.3 Å². The predicted octanol–water partition coefficient (Wildman–Crippen LogP) is 3.97. The van der Waals surface area contributed by atoms with E-state index in [0.717, 1.165) is 23.6 Å². The maximum Gasteiger partial charge on any atom is 0.242 e. The fourth-order valence-electron chi connectivity index (χ4n) is 4.63. The zero-order valence-electron chi connectivity index (χ0n) is 19.8. The summed E-state index contributed by atoms with van der Waals surface area (Å²) >= 11 is 0. The molecule has 0 atom stereocenters. The average Bonchev–Trinajstić information content (AvgIpc) is 3.28. The van der Waals surface area contributed by atoms with Crippen LogP contribution in [0.3, 0.4) is 0 Å². The van der Waals surface area contributed by atoms with Crippen LogP contribution in [0.5, 0.6) is 5.75 Å². The molecule has 1 aliphatic heterocycles. The summed E-state index contributed by atoms with van der Waals surface area (Å²) < 4.78 is 47.2. The first-order chi connectivity index (χ1) is 17.4. The number of benzene rings is 3. The largest absolute Gasteiger partial charge is 0.495 e. The van der Waals surface area contributed by atoms with Crippen molar-refractivity contribution < 1.29 is 22.3 Å². The van der Waals surface area contributed by atoms with Gasteiger partial charge in [-0.15, -0.1) is 0 Å². The number of nitrogens with zero attached hydrogens (tertiary/aromatic N) is 3. The lowest BCUT2D eigenvalue weighted by Crippen LogP contribution is -2.49. The molecule has 0 unspecified atom stereocenters. The van der Waals surface area contributed by atoms with Crippen LogP contribution >= 0.6 is 0 Å². The van der Waals surface area contributed by atoms with Crippen LogP contribution < -0.4 is 9.64 Å². The lowest BCUT2D eigenvalue weighted by Gasteiger charge is -2.36. The maximum atomic E-state index is 13.4. The number of carbonyl (C=O) groups excluding carboxylic acids is 1. The number of hydrogen-bond donors (Lipinski definition) is 0. The Hall–Kier alpha value is -3.85. The van der Waals surface area contributed by atoms with Crippen LogP contribution in [0, 0.1) is 5.82 Å². The maximum absolute atomic E-state index is 13.4. The van der Waals surface area contributed by atoms with Gasteiger partial charge in [-0.25, -0.2) is 12.8 Å². The number of amides is 1. The lowest BCUT2D eigenvalue weighted by molar-refractivity contribution is -0.132. The van der Waals surface area contributed by atoms with Crippen LogP contribution in [0.4, 0.5) is 10.1 Å². The fraction of sp³-hybridized carbons (Fsp3) is 0.222. The summed E-state index contributed by atoms with van der Waals surface area (Å²) in [4.78, 5) is 17.3. The van der Waals surface area contributed by atoms with E-state index in [4.69, 9.17) is 4.74 Å². The molecule has 1 amide bonds. The van der Waals surface area contributed by atoms with E-state index in [1.807, 2.05) is 30.3 Å². The van der Waals surface area contributed by atoms with Gasteiger partial charge >= 0.3 is 0 Å². The Morgan fingerprint density at radius 3 is 2.31 bits per heavy atom. The Morgan fingerprint density at radius 1 is 0.917 bits per heavy atom. The molecule has 0 N–H and O–H groups in total. The van der Waals surface area contributed by atoms with E-state index in [1.54, 1.807) is 34.8 Å². The van der Waals surface area contributed by atoms with Crippen molar-refractivity contribution in [3.05, 3.63) is 84.8 Å². The van der Waals surface area contributed by atoms with Gasteiger partial charge in [-0.1, -0.05) is 30.3 Å². The average molecular weight is 508 g/mol. The summed E-state index contributed by atoms with van der Waals surface area (Å²) in [5, 5.41) is 0.524. The minimum atomic E-state index is -3.90. The minimum Gasteiger partial charge on any atom is -0.495 e. The van der Waals surface area contributed by atoms with Crippen LogP contribution in [0.1, 0.15) is 0 Å². The first-order valence-electron chi connectivity index (χ1n) is 11.6. The number of sulfone groups is 1. The third kappa shape index (κ3) is 4.42. The molecule has 1 saturated heterocycles. The van der Waals surface area contributed by atoms with Crippen molar-refractivity contribution in [2.75, 3.05) is 38.2 Å². The van der Waals surface area contributed by atoms with Gasteiger partial charge in [0.1, 0.15) is 18.1 Å². The van der Waals surface area contributed by atoms with Crippen LogP contribution in [0.15, 0.2) is 88.8 Å². The third-order valence-corrected chi connectivity index (χ3v) is 8.33. The van der Waals surface area contributed by atoms with E-state index >= 15 is 0 Å². The summed E-state index contributed by atoms with van der Waals surface area (Å²) in [6, 6.07) is 19.7. The molecule has 0 saturated carbocycles. The Morgan fingerprint density at radius 2 is 1.58 bits per heavy atom. The van der Waals surface area contributed by atoms with E-state index in [2.05, 4.69) is 4.90 Å². The molecule has 1 fully saturated rings. The summed E-state index contributed by atoms with van der Waals surface area (Å²) in [7, 11) is -2.25. The Bertz CT molecular complexity index is 1510. The second kappa shape index (κ2) is 9.66. The van der Waals surface area contributed by atoms with Gasteiger partial charge in [0.25, 0.3) is 0 Å². The van der Waals surface area contributed by atoms with Crippen LogP contribution in [-0.4, -0.2) is 57.1 Å². The van der Waals surface area contributed by atoms with Crippen molar-refractivity contribution in [2.45, 2.75) is 16.3 Å². The number of para-hydroxylation sites is 3. The van der Waals surface area contributed by atoms with E-state index in [-0.39, 0.29) is 22.2 Å². The molecule has 0 spiro atoms. The molecule has 5 rings (SSSR count). The van der Waals surface area contributed by atoms with Gasteiger partial charge < -0.3 is 19.1 Å². The highest BCUT2D eigenvalue weighted by atomic mass is 32.2. The van der Waals surface area contributed by atoms with Crippen molar-refractivity contribution in [3.8, 4) is 5.75 Å². The standard InChI is InChI=1S/C27H26FN3O4S/c1-35-25-9-5-4-8-24(25)29-14-16-30(17-15-29)27(32)19-31-18-26(22-6-2-3-7-23(22)31)36(33,34)21-12-10-20(28)11-13-21/h2-13,18H,14-17,19H2,1H3. The Labute approximate surface area is 209 Å². The van der Waals surface area contributed by atoms with E-state index in [9.17, 15) is 17.6 Å². The molecule has 0 bridgehead atoms. The highest BCUT2D eigenvalue weighted by Gasteiger charge is 2.26. The first kappa shape index (κ1) is 23.9. The topological polar surface area (TPSA) is 71.8 Å². The molecule has 9 heteroatoms. The molecule has 1 aromatic heterocycles. The van der Waals surface area contributed by atoms with Crippen molar-refractivity contribution >= 4 is 32.3 Å². The fourth-order valence-corrected chi connectivity index (χ4v) is 6.11. The van der Waals surface area contributed by atoms with Gasteiger partial charge in [-0.2, -0.15) is 0 Å². The van der Waals surface area contributed by atoms with Crippen molar-refractivity contribution in [1.29, 1.82) is 0 Å². The summed E-state index contributed by atoms with van der Waals surface area (Å²) in [5.74, 6) is 0.208. The number of halogens is 1. The number of rotatable bonds is 6. The minimum absolute atomic E-state index is 0.00518. The zero-order chi connectivity index (χ0) is 25.3. The van der Waals surface area contributed by atoms with Crippen LogP contribution in [0.25, 0.3) is 10.9 Å². The summed E-state index contributed by atoms with van der Waals surface area (Å²) in [5.41, 5.74) is 1.65. The number of aromatic nitrogens is 1. The van der Waals surface area contributed by atoms with Gasteiger partial charge in [-0.05, 0) is 42.5 Å². The molecule has 36 heavy (non-hydrogen) atoms. The quantitative estimate of drug-likeness (QED) is 0.370. The van der Waals surface area contributed by atoms with E-state index in [0.29, 0.717) is 37.1 Å². The molecule has 4 aromatic rings. The number of piperazine rings is 1. The van der Waals surface area contributed by atoms with Crippen LogP contribution in [0.2, 0.25) is 0 Å². The highest BCUT2D eigenvalue weighted by Crippen LogP contribution is 2.31. The number of carbonyl (C=O) groups is 1. The SMILES string of the molecule is COc1ccccc1N1CCN(C(=O)Cn2cc(S(=O)(=O)c3ccc(F)cc3)c3ccccc32)CC1. The second-order valence-corrected chi connectivity index (χ2v) is 10.6. The van der Waals surface area contributed by atoms with Gasteiger partial charge in [-0.3, -0.25) is 4.79 Å². The molecule has 0 aliphatic carbocycles. The second-order valence-electron chi connectivity index (χ2n) is 8.64. The molecule has 3 aromatic carbocycles. The molecule has 7 nitrogen and oxygen atoms in total. The monoisotopic (exact) mass is 507 g/mol. The van der Waals surface area contributed by atoms with E-state index in [1.165, 1.54) is 18.3 Å². The van der Waals surface area contributed by atoms with Gasteiger partial charge in [0.05, 0.1) is 22.6 Å². The zero-order valence-corrected chi connectivity index (χ0v) is 20.6. The smallest absolute Gasteiger partial charge is 0.242 e. The highest BCUT2D eigenvalue weighted by molar-refractivity contribution is 7.91.